The van der Waals surface area contributed by atoms with Crippen molar-refractivity contribution in [3.63, 3.8) is 0 Å². The summed E-state index contributed by atoms with van der Waals surface area (Å²) in [6.07, 6.45) is 2.55. The first-order chi connectivity index (χ1) is 5.56. The Morgan fingerprint density at radius 2 is 1.75 bits per heavy atom. The monoisotopic (exact) mass is 200 g/mol. The number of hydrogen-bond acceptors (Lipinski definition) is 2. The van der Waals surface area contributed by atoms with E-state index in [-0.39, 0.29) is 13.3 Å². The van der Waals surface area contributed by atoms with Crippen molar-refractivity contribution < 1.29 is 23.3 Å². The van der Waals surface area contributed by atoms with E-state index < -0.39 is 7.82 Å². The molecule has 0 aliphatic heterocycles. The average Bonchev–Trinajstić information content (AvgIpc) is 1.94. The van der Waals surface area contributed by atoms with Gasteiger partial charge in [-0.2, -0.15) is 0 Å². The lowest BCUT2D eigenvalue weighted by Crippen LogP contribution is -1.92. The first-order valence-corrected chi connectivity index (χ1v) is 5.35. The zero-order valence-electron chi connectivity index (χ0n) is 6.78. The Balaban J connectivity index is 3.06. The Hall–Kier alpha value is 0.0400. The van der Waals surface area contributed by atoms with E-state index >= 15 is 0 Å². The van der Waals surface area contributed by atoms with Gasteiger partial charge in [-0.15, -0.1) is 0 Å². The molecule has 0 saturated heterocycles. The van der Waals surface area contributed by atoms with E-state index in [4.69, 9.17) is 9.79 Å². The Labute approximate surface area is 71.0 Å². The molecule has 6 heteroatoms. The van der Waals surface area contributed by atoms with Gasteiger partial charge in [0.2, 0.25) is 0 Å². The average molecular weight is 200 g/mol. The predicted octanol–water partition coefficient (Wildman–Crippen LogP) is 1.63. The summed E-state index contributed by atoms with van der Waals surface area (Å²) in [5.74, 6) is 0. The summed E-state index contributed by atoms with van der Waals surface area (Å²) in [5.41, 5.74) is 0. The minimum absolute atomic E-state index is 0.0383. The molecule has 0 spiro atoms. The highest BCUT2D eigenvalue weighted by atomic mass is 31.2. The van der Waals surface area contributed by atoms with E-state index in [1.807, 2.05) is 0 Å². The van der Waals surface area contributed by atoms with Crippen LogP contribution in [0.4, 0.5) is 4.39 Å². The number of rotatable bonds is 7. The number of unbranched alkanes of at least 4 members (excludes halogenated alkanes) is 3. The summed E-state index contributed by atoms with van der Waals surface area (Å²) in [4.78, 5) is 16.5. The fourth-order valence-electron chi connectivity index (χ4n) is 0.734. The molecule has 0 fully saturated rings. The lowest BCUT2D eigenvalue weighted by molar-refractivity contribution is 0.193. The van der Waals surface area contributed by atoms with Crippen molar-refractivity contribution in [1.82, 2.24) is 0 Å². The van der Waals surface area contributed by atoms with Crippen LogP contribution in [-0.2, 0) is 9.09 Å². The van der Waals surface area contributed by atoms with Gasteiger partial charge in [-0.1, -0.05) is 12.8 Å². The molecule has 0 bridgehead atoms. The van der Waals surface area contributed by atoms with Crippen LogP contribution in [0, 0.1) is 0 Å². The molecular formula is C6H14FO4P. The third kappa shape index (κ3) is 10.0. The molecule has 0 amide bonds. The number of hydrogen-bond donors (Lipinski definition) is 2. The van der Waals surface area contributed by atoms with Crippen LogP contribution in [0.15, 0.2) is 0 Å². The van der Waals surface area contributed by atoms with Crippen LogP contribution >= 0.6 is 7.82 Å². The van der Waals surface area contributed by atoms with Crippen molar-refractivity contribution in [1.29, 1.82) is 0 Å². The van der Waals surface area contributed by atoms with Crippen molar-refractivity contribution in [3.8, 4) is 0 Å². The number of phosphoric acid groups is 1. The number of halogens is 1. The van der Waals surface area contributed by atoms with Gasteiger partial charge in [-0.05, 0) is 12.8 Å². The summed E-state index contributed by atoms with van der Waals surface area (Å²) >= 11 is 0. The third-order valence-corrected chi connectivity index (χ3v) is 1.81. The maximum Gasteiger partial charge on any atom is 0.469 e. The van der Waals surface area contributed by atoms with Gasteiger partial charge >= 0.3 is 7.82 Å². The summed E-state index contributed by atoms with van der Waals surface area (Å²) in [6.45, 7) is -0.296. The van der Waals surface area contributed by atoms with Gasteiger partial charge in [-0.25, -0.2) is 4.57 Å². The standard InChI is InChI=1S/C6H14FO4P/c7-5-3-1-2-4-6-11-12(8,9)10/h1-6H2,(H2,8,9,10). The second-order valence-corrected chi connectivity index (χ2v) is 3.67. The molecule has 0 aromatic carbocycles. The lowest BCUT2D eigenvalue weighted by Gasteiger charge is -2.03. The van der Waals surface area contributed by atoms with Crippen LogP contribution in [0.25, 0.3) is 0 Å². The molecule has 12 heavy (non-hydrogen) atoms. The van der Waals surface area contributed by atoms with Crippen LogP contribution < -0.4 is 0 Å². The summed E-state index contributed by atoms with van der Waals surface area (Å²) in [6, 6.07) is 0. The first-order valence-electron chi connectivity index (χ1n) is 3.82. The fraction of sp³-hybridized carbons (Fsp3) is 1.00. The normalized spacial score (nSPS) is 11.9. The number of phosphoric ester groups is 1. The molecule has 2 N–H and O–H groups in total. The molecular weight excluding hydrogens is 186 g/mol. The van der Waals surface area contributed by atoms with E-state index in [0.717, 1.165) is 12.8 Å². The topological polar surface area (TPSA) is 66.8 Å². The minimum atomic E-state index is -4.30. The van der Waals surface area contributed by atoms with E-state index in [1.54, 1.807) is 0 Å². The lowest BCUT2D eigenvalue weighted by atomic mass is 10.2. The quantitative estimate of drug-likeness (QED) is 0.484. The van der Waals surface area contributed by atoms with Gasteiger partial charge in [-0.3, -0.25) is 8.91 Å². The minimum Gasteiger partial charge on any atom is -0.303 e. The molecule has 74 valence electrons. The van der Waals surface area contributed by atoms with Crippen molar-refractivity contribution in [2.75, 3.05) is 13.3 Å². The van der Waals surface area contributed by atoms with Crippen LogP contribution in [-0.4, -0.2) is 23.1 Å². The van der Waals surface area contributed by atoms with E-state index in [2.05, 4.69) is 4.52 Å². The summed E-state index contributed by atoms with van der Waals surface area (Å²) in [5, 5.41) is 0. The SMILES string of the molecule is O=P(O)(O)OCCCCCCF. The molecule has 0 radical (unpaired) electrons. The molecule has 0 rings (SSSR count). The fourth-order valence-corrected chi connectivity index (χ4v) is 1.10. The molecule has 0 atom stereocenters. The van der Waals surface area contributed by atoms with Gasteiger partial charge < -0.3 is 9.79 Å². The van der Waals surface area contributed by atoms with Gasteiger partial charge in [0.25, 0.3) is 0 Å². The molecule has 0 unspecified atom stereocenters. The largest absolute Gasteiger partial charge is 0.469 e. The molecule has 4 nitrogen and oxygen atoms in total. The molecule has 0 aromatic rings. The highest BCUT2D eigenvalue weighted by molar-refractivity contribution is 7.46. The van der Waals surface area contributed by atoms with Crippen molar-refractivity contribution >= 4 is 7.82 Å². The first kappa shape index (κ1) is 12.0. The highest BCUT2D eigenvalue weighted by Gasteiger charge is 2.12. The van der Waals surface area contributed by atoms with E-state index in [0.29, 0.717) is 12.8 Å². The zero-order chi connectivity index (χ0) is 9.45. The van der Waals surface area contributed by atoms with Crippen molar-refractivity contribution in [2.24, 2.45) is 0 Å². The molecule has 0 heterocycles. The second kappa shape index (κ2) is 6.54. The smallest absolute Gasteiger partial charge is 0.303 e. The Morgan fingerprint density at radius 1 is 1.17 bits per heavy atom. The van der Waals surface area contributed by atoms with E-state index in [9.17, 15) is 8.96 Å². The molecule has 0 saturated carbocycles. The summed E-state index contributed by atoms with van der Waals surface area (Å²) < 4.78 is 25.9. The maximum absolute atomic E-state index is 11.5. The molecule has 0 aliphatic rings. The molecule has 0 aliphatic carbocycles. The van der Waals surface area contributed by atoms with Crippen LogP contribution in [0.3, 0.4) is 0 Å². The molecule has 0 aromatic heterocycles. The van der Waals surface area contributed by atoms with Gasteiger partial charge in [0.15, 0.2) is 0 Å². The summed E-state index contributed by atoms with van der Waals surface area (Å²) in [7, 11) is -4.30. The predicted molar refractivity (Wildman–Crippen MR) is 42.4 cm³/mol. The third-order valence-electron chi connectivity index (χ3n) is 1.29. The Morgan fingerprint density at radius 3 is 2.25 bits per heavy atom. The zero-order valence-corrected chi connectivity index (χ0v) is 7.67. The van der Waals surface area contributed by atoms with Crippen LogP contribution in [0.1, 0.15) is 25.7 Å². The van der Waals surface area contributed by atoms with Crippen molar-refractivity contribution in [3.05, 3.63) is 0 Å². The van der Waals surface area contributed by atoms with Crippen molar-refractivity contribution in [2.45, 2.75) is 25.7 Å². The van der Waals surface area contributed by atoms with Gasteiger partial charge in [0.05, 0.1) is 13.3 Å². The van der Waals surface area contributed by atoms with Gasteiger partial charge in [0, 0.05) is 0 Å². The number of alkyl halides is 1. The second-order valence-electron chi connectivity index (χ2n) is 2.43. The Bertz CT molecular complexity index is 146. The van der Waals surface area contributed by atoms with Crippen LogP contribution in [0.2, 0.25) is 0 Å². The highest BCUT2D eigenvalue weighted by Crippen LogP contribution is 2.35. The van der Waals surface area contributed by atoms with Crippen LogP contribution in [0.5, 0.6) is 0 Å². The van der Waals surface area contributed by atoms with Gasteiger partial charge in [0.1, 0.15) is 0 Å². The maximum atomic E-state index is 11.5. The Kier molecular flexibility index (Phi) is 6.57. The van der Waals surface area contributed by atoms with E-state index in [1.165, 1.54) is 0 Å².